The number of nitrogens with two attached hydrogens (primary N) is 1. The van der Waals surface area contributed by atoms with Crippen molar-refractivity contribution >= 4 is 0 Å². The Bertz CT molecular complexity index is 105. The minimum absolute atomic E-state index is 0.725. The molecule has 72 valence electrons. The van der Waals surface area contributed by atoms with Crippen LogP contribution in [-0.2, 0) is 4.74 Å². The first kappa shape index (κ1) is 9.96. The Morgan fingerprint density at radius 1 is 1.33 bits per heavy atom. The molecule has 0 unspecified atom stereocenters. The summed E-state index contributed by atoms with van der Waals surface area (Å²) >= 11 is 0. The van der Waals surface area contributed by atoms with Crippen LogP contribution in [0.2, 0.25) is 0 Å². The molecule has 0 aliphatic heterocycles. The van der Waals surface area contributed by atoms with E-state index in [1.165, 1.54) is 12.8 Å². The van der Waals surface area contributed by atoms with Gasteiger partial charge in [0.15, 0.2) is 0 Å². The summed E-state index contributed by atoms with van der Waals surface area (Å²) in [5.41, 5.74) is 5.32. The van der Waals surface area contributed by atoms with Crippen LogP contribution >= 0.6 is 0 Å². The van der Waals surface area contributed by atoms with Crippen molar-refractivity contribution in [2.24, 2.45) is 11.7 Å². The number of hydrogen-bond acceptors (Lipinski definition) is 3. The van der Waals surface area contributed by atoms with Crippen molar-refractivity contribution in [3.05, 3.63) is 0 Å². The highest BCUT2D eigenvalue weighted by atomic mass is 16.5. The first-order valence-corrected chi connectivity index (χ1v) is 4.92. The maximum absolute atomic E-state index is 5.47. The van der Waals surface area contributed by atoms with Crippen LogP contribution in [-0.4, -0.2) is 32.8 Å². The molecule has 0 aromatic heterocycles. The Morgan fingerprint density at radius 2 is 2.17 bits per heavy atom. The molecule has 0 aromatic rings. The summed E-state index contributed by atoms with van der Waals surface area (Å²) in [5.74, 6) is 0.891. The number of ether oxygens (including phenoxy) is 1. The molecule has 12 heavy (non-hydrogen) atoms. The van der Waals surface area contributed by atoms with E-state index in [-0.39, 0.29) is 0 Å². The van der Waals surface area contributed by atoms with E-state index in [0.29, 0.717) is 0 Å². The van der Waals surface area contributed by atoms with E-state index >= 15 is 0 Å². The molecule has 0 amide bonds. The van der Waals surface area contributed by atoms with Crippen LogP contribution in [0.1, 0.15) is 19.3 Å². The fraction of sp³-hybridized carbons (Fsp3) is 1.00. The molecule has 0 bridgehead atoms. The van der Waals surface area contributed by atoms with E-state index in [2.05, 4.69) is 5.32 Å². The van der Waals surface area contributed by atoms with E-state index < -0.39 is 0 Å². The monoisotopic (exact) mass is 172 g/mol. The summed E-state index contributed by atoms with van der Waals surface area (Å²) in [6.45, 7) is 4.55. The summed E-state index contributed by atoms with van der Waals surface area (Å²) in [7, 11) is 0. The molecule has 0 heterocycles. The van der Waals surface area contributed by atoms with Gasteiger partial charge in [-0.3, -0.25) is 0 Å². The lowest BCUT2D eigenvalue weighted by Crippen LogP contribution is -2.24. The van der Waals surface area contributed by atoms with E-state index in [4.69, 9.17) is 10.5 Å². The van der Waals surface area contributed by atoms with Gasteiger partial charge in [0, 0.05) is 26.3 Å². The molecular weight excluding hydrogens is 152 g/mol. The molecule has 1 aliphatic carbocycles. The average molecular weight is 172 g/mol. The van der Waals surface area contributed by atoms with Gasteiger partial charge in [-0.15, -0.1) is 0 Å². The van der Waals surface area contributed by atoms with Crippen LogP contribution in [0.3, 0.4) is 0 Å². The number of nitrogens with one attached hydrogen (secondary N) is 1. The Kier molecular flexibility index (Phi) is 5.32. The van der Waals surface area contributed by atoms with Gasteiger partial charge in [0.25, 0.3) is 0 Å². The van der Waals surface area contributed by atoms with Gasteiger partial charge in [-0.25, -0.2) is 0 Å². The van der Waals surface area contributed by atoms with Crippen molar-refractivity contribution in [1.29, 1.82) is 0 Å². The summed E-state index contributed by atoms with van der Waals surface area (Å²) in [5, 5.41) is 3.23. The van der Waals surface area contributed by atoms with E-state index in [9.17, 15) is 0 Å². The molecule has 0 radical (unpaired) electrons. The first-order chi connectivity index (χ1) is 5.93. The highest BCUT2D eigenvalue weighted by molar-refractivity contribution is 4.71. The Hall–Kier alpha value is -0.120. The normalized spacial score (nSPS) is 16.8. The molecule has 3 N–H and O–H groups in total. The second kappa shape index (κ2) is 6.40. The molecule has 1 saturated carbocycles. The highest BCUT2D eigenvalue weighted by Gasteiger charge is 2.20. The molecular formula is C9H20N2O. The smallest absolute Gasteiger partial charge is 0.0494 e. The summed E-state index contributed by atoms with van der Waals surface area (Å²) in [6.07, 6.45) is 3.86. The summed E-state index contributed by atoms with van der Waals surface area (Å²) < 4.78 is 5.47. The van der Waals surface area contributed by atoms with Gasteiger partial charge in [-0.1, -0.05) is 0 Å². The third-order valence-electron chi connectivity index (χ3n) is 2.01. The van der Waals surface area contributed by atoms with Crippen LogP contribution in [0.15, 0.2) is 0 Å². The summed E-state index contributed by atoms with van der Waals surface area (Å²) in [4.78, 5) is 0. The zero-order valence-electron chi connectivity index (χ0n) is 7.72. The predicted octanol–water partition coefficient (Wildman–Crippen LogP) is 0.351. The zero-order valence-corrected chi connectivity index (χ0v) is 7.72. The van der Waals surface area contributed by atoms with Crippen molar-refractivity contribution in [1.82, 2.24) is 5.32 Å². The lowest BCUT2D eigenvalue weighted by atomic mass is 10.4. The fourth-order valence-electron chi connectivity index (χ4n) is 1.06. The van der Waals surface area contributed by atoms with Crippen molar-refractivity contribution in [3.8, 4) is 0 Å². The van der Waals surface area contributed by atoms with Gasteiger partial charge >= 0.3 is 0 Å². The Morgan fingerprint density at radius 3 is 2.83 bits per heavy atom. The third kappa shape index (κ3) is 5.52. The van der Waals surface area contributed by atoms with Crippen LogP contribution in [0, 0.1) is 5.92 Å². The number of hydrogen-bond donors (Lipinski definition) is 2. The first-order valence-electron chi connectivity index (χ1n) is 4.92. The van der Waals surface area contributed by atoms with Gasteiger partial charge in [0.1, 0.15) is 0 Å². The van der Waals surface area contributed by atoms with Crippen LogP contribution in [0.4, 0.5) is 0 Å². The van der Waals surface area contributed by atoms with Gasteiger partial charge in [0.2, 0.25) is 0 Å². The Balaban J connectivity index is 1.65. The SMILES string of the molecule is NCCNCCCOCC1CC1. The Labute approximate surface area is 74.7 Å². The summed E-state index contributed by atoms with van der Waals surface area (Å²) in [6, 6.07) is 0. The molecule has 1 fully saturated rings. The number of rotatable bonds is 8. The van der Waals surface area contributed by atoms with Crippen LogP contribution < -0.4 is 11.1 Å². The zero-order chi connectivity index (χ0) is 8.65. The van der Waals surface area contributed by atoms with Gasteiger partial charge in [-0.2, -0.15) is 0 Å². The molecule has 0 spiro atoms. The van der Waals surface area contributed by atoms with Crippen molar-refractivity contribution in [2.75, 3.05) is 32.8 Å². The minimum Gasteiger partial charge on any atom is -0.381 e. The fourth-order valence-corrected chi connectivity index (χ4v) is 1.06. The quantitative estimate of drug-likeness (QED) is 0.519. The van der Waals surface area contributed by atoms with Gasteiger partial charge in [-0.05, 0) is 31.7 Å². The molecule has 3 nitrogen and oxygen atoms in total. The standard InChI is InChI=1S/C9H20N2O/c10-4-6-11-5-1-7-12-8-9-2-3-9/h9,11H,1-8,10H2. The maximum Gasteiger partial charge on any atom is 0.0494 e. The largest absolute Gasteiger partial charge is 0.381 e. The third-order valence-corrected chi connectivity index (χ3v) is 2.01. The molecule has 3 heteroatoms. The van der Waals surface area contributed by atoms with E-state index in [0.717, 1.165) is 45.2 Å². The molecule has 0 aromatic carbocycles. The maximum atomic E-state index is 5.47. The molecule has 0 atom stereocenters. The highest BCUT2D eigenvalue weighted by Crippen LogP contribution is 2.28. The van der Waals surface area contributed by atoms with Crippen molar-refractivity contribution in [2.45, 2.75) is 19.3 Å². The van der Waals surface area contributed by atoms with E-state index in [1.54, 1.807) is 0 Å². The molecule has 1 rings (SSSR count). The molecule has 1 aliphatic rings. The molecule has 0 saturated heterocycles. The van der Waals surface area contributed by atoms with Gasteiger partial charge < -0.3 is 15.8 Å². The second-order valence-electron chi connectivity index (χ2n) is 3.41. The lowest BCUT2D eigenvalue weighted by Gasteiger charge is -2.03. The van der Waals surface area contributed by atoms with Crippen LogP contribution in [0.25, 0.3) is 0 Å². The van der Waals surface area contributed by atoms with Crippen LogP contribution in [0.5, 0.6) is 0 Å². The minimum atomic E-state index is 0.725. The van der Waals surface area contributed by atoms with E-state index in [1.807, 2.05) is 0 Å². The second-order valence-corrected chi connectivity index (χ2v) is 3.41. The topological polar surface area (TPSA) is 47.3 Å². The lowest BCUT2D eigenvalue weighted by molar-refractivity contribution is 0.122. The van der Waals surface area contributed by atoms with Crippen molar-refractivity contribution < 1.29 is 4.74 Å². The van der Waals surface area contributed by atoms with Gasteiger partial charge in [0.05, 0.1) is 0 Å². The predicted molar refractivity (Wildman–Crippen MR) is 50.1 cm³/mol. The van der Waals surface area contributed by atoms with Crippen molar-refractivity contribution in [3.63, 3.8) is 0 Å². The average Bonchev–Trinajstić information content (AvgIpc) is 2.87.